The van der Waals surface area contributed by atoms with Crippen LogP contribution in [0.25, 0.3) is 0 Å². The first-order valence-electron chi connectivity index (χ1n) is 6.70. The van der Waals surface area contributed by atoms with Gasteiger partial charge in [0.05, 0.1) is 29.0 Å². The number of benzene rings is 1. The summed E-state index contributed by atoms with van der Waals surface area (Å²) in [7, 11) is 1.60. The van der Waals surface area contributed by atoms with Crippen LogP contribution in [0.2, 0.25) is 0 Å². The first-order chi connectivity index (χ1) is 11.0. The number of halogens is 1. The number of nitro groups is 1. The third-order valence-corrected chi connectivity index (χ3v) is 3.28. The maximum atomic E-state index is 11.3. The number of anilines is 1. The molecular weight excluding hydrogens is 322 g/mol. The van der Waals surface area contributed by atoms with Crippen molar-refractivity contribution in [2.75, 3.05) is 18.2 Å². The van der Waals surface area contributed by atoms with Gasteiger partial charge in [0.1, 0.15) is 17.2 Å². The van der Waals surface area contributed by atoms with Crippen LogP contribution in [-0.2, 0) is 11.2 Å². The highest BCUT2D eigenvalue weighted by molar-refractivity contribution is 6.27. The van der Waals surface area contributed by atoms with Gasteiger partial charge in [-0.25, -0.2) is 0 Å². The van der Waals surface area contributed by atoms with Gasteiger partial charge in [0.25, 0.3) is 5.69 Å². The number of hydrogen-bond donors (Lipinski definition) is 1. The highest BCUT2D eigenvalue weighted by Crippen LogP contribution is 2.31. The second-order valence-electron chi connectivity index (χ2n) is 4.62. The number of carbonyl (C=O) groups excluding carboxylic acids is 1. The van der Waals surface area contributed by atoms with Gasteiger partial charge in [0.2, 0.25) is 0 Å². The molecule has 0 radical (unpaired) electrons. The number of pyridine rings is 1. The summed E-state index contributed by atoms with van der Waals surface area (Å²) < 4.78 is 5.61. The second kappa shape index (κ2) is 7.55. The highest BCUT2D eigenvalue weighted by atomic mass is 35.5. The standard InChI is InChI=1S/C15H14ClN3O4/c1-17-14-3-2-12(8-15(14)19(21)22)23-13-4-5-18-10(7-13)6-11(20)9-16/h2-5,7-8,17H,6,9H2,1H3. The Balaban J connectivity index is 2.22. The maximum absolute atomic E-state index is 11.3. The molecule has 0 spiro atoms. The van der Waals surface area contributed by atoms with E-state index >= 15 is 0 Å². The van der Waals surface area contributed by atoms with Crippen molar-refractivity contribution in [3.05, 3.63) is 52.3 Å². The fraction of sp³-hybridized carbons (Fsp3) is 0.200. The van der Waals surface area contributed by atoms with Gasteiger partial charge in [0.15, 0.2) is 5.78 Å². The average Bonchev–Trinajstić information content (AvgIpc) is 2.55. The van der Waals surface area contributed by atoms with Crippen LogP contribution in [0.4, 0.5) is 11.4 Å². The monoisotopic (exact) mass is 335 g/mol. The molecule has 0 unspecified atom stereocenters. The quantitative estimate of drug-likeness (QED) is 0.474. The molecule has 23 heavy (non-hydrogen) atoms. The van der Waals surface area contributed by atoms with Gasteiger partial charge >= 0.3 is 0 Å². The molecule has 0 bridgehead atoms. The number of ketones is 1. The van der Waals surface area contributed by atoms with Gasteiger partial charge in [-0.1, -0.05) is 0 Å². The normalized spacial score (nSPS) is 10.2. The summed E-state index contributed by atoms with van der Waals surface area (Å²) in [4.78, 5) is 26.0. The van der Waals surface area contributed by atoms with Crippen molar-refractivity contribution < 1.29 is 14.5 Å². The zero-order chi connectivity index (χ0) is 16.8. The maximum Gasteiger partial charge on any atom is 0.296 e. The number of ether oxygens (including phenoxy) is 1. The zero-order valence-electron chi connectivity index (χ0n) is 12.3. The molecule has 0 aliphatic carbocycles. The molecule has 8 heteroatoms. The first-order valence-corrected chi connectivity index (χ1v) is 7.23. The SMILES string of the molecule is CNc1ccc(Oc2ccnc(CC(=O)CCl)c2)cc1[N+](=O)[O-]. The molecule has 1 aromatic carbocycles. The van der Waals surface area contributed by atoms with E-state index in [9.17, 15) is 14.9 Å². The number of rotatable bonds is 7. The average molecular weight is 336 g/mol. The molecule has 0 aliphatic rings. The number of alkyl halides is 1. The van der Waals surface area contributed by atoms with Crippen LogP contribution >= 0.6 is 11.6 Å². The van der Waals surface area contributed by atoms with Crippen LogP contribution in [0.3, 0.4) is 0 Å². The molecule has 120 valence electrons. The van der Waals surface area contributed by atoms with E-state index in [1.807, 2.05) is 0 Å². The van der Waals surface area contributed by atoms with Crippen molar-refractivity contribution in [1.29, 1.82) is 0 Å². The van der Waals surface area contributed by atoms with E-state index in [1.165, 1.54) is 12.3 Å². The van der Waals surface area contributed by atoms with Crippen molar-refractivity contribution >= 4 is 28.8 Å². The minimum absolute atomic E-state index is 0.0789. The van der Waals surface area contributed by atoms with E-state index in [1.54, 1.807) is 31.3 Å². The number of nitrogens with zero attached hydrogens (tertiary/aromatic N) is 2. The summed E-state index contributed by atoms with van der Waals surface area (Å²) in [5.74, 6) is 0.524. The molecule has 1 N–H and O–H groups in total. The van der Waals surface area contributed by atoms with Gasteiger partial charge in [-0.15, -0.1) is 11.6 Å². The van der Waals surface area contributed by atoms with Crippen LogP contribution in [-0.4, -0.2) is 28.6 Å². The fourth-order valence-corrected chi connectivity index (χ4v) is 2.03. The number of aromatic nitrogens is 1. The van der Waals surface area contributed by atoms with Crippen LogP contribution in [0.5, 0.6) is 11.5 Å². The third kappa shape index (κ3) is 4.40. The molecule has 1 heterocycles. The summed E-state index contributed by atoms with van der Waals surface area (Å²) in [6.45, 7) is 0. The molecular formula is C15H14ClN3O4. The summed E-state index contributed by atoms with van der Waals surface area (Å²) in [6.07, 6.45) is 1.61. The molecule has 2 rings (SSSR count). The Morgan fingerprint density at radius 3 is 2.74 bits per heavy atom. The number of carbonyl (C=O) groups is 1. The number of Topliss-reactive ketones (excluding diaryl/α,β-unsaturated/α-hetero) is 1. The van der Waals surface area contributed by atoms with Crippen LogP contribution in [0.1, 0.15) is 5.69 Å². The van der Waals surface area contributed by atoms with E-state index in [0.29, 0.717) is 22.9 Å². The summed E-state index contributed by atoms with van der Waals surface area (Å²) in [5, 5.41) is 13.8. The van der Waals surface area contributed by atoms with E-state index in [0.717, 1.165) is 0 Å². The molecule has 1 aromatic heterocycles. The lowest BCUT2D eigenvalue weighted by atomic mass is 10.2. The van der Waals surface area contributed by atoms with E-state index < -0.39 is 4.92 Å². The third-order valence-electron chi connectivity index (χ3n) is 2.99. The van der Waals surface area contributed by atoms with Crippen molar-refractivity contribution in [3.63, 3.8) is 0 Å². The Morgan fingerprint density at radius 2 is 2.09 bits per heavy atom. The number of nitro benzene ring substituents is 1. The predicted molar refractivity (Wildman–Crippen MR) is 86.4 cm³/mol. The second-order valence-corrected chi connectivity index (χ2v) is 4.89. The Hall–Kier alpha value is -2.67. The van der Waals surface area contributed by atoms with Gasteiger partial charge in [0, 0.05) is 19.3 Å². The molecule has 7 nitrogen and oxygen atoms in total. The Kier molecular flexibility index (Phi) is 5.48. The van der Waals surface area contributed by atoms with Crippen molar-refractivity contribution in [1.82, 2.24) is 4.98 Å². The Morgan fingerprint density at radius 1 is 1.35 bits per heavy atom. The summed E-state index contributed by atoms with van der Waals surface area (Å²) in [6, 6.07) is 7.71. The zero-order valence-corrected chi connectivity index (χ0v) is 13.0. The first kappa shape index (κ1) is 16.7. The topological polar surface area (TPSA) is 94.4 Å². The number of nitrogens with one attached hydrogen (secondary N) is 1. The molecule has 0 saturated carbocycles. The molecule has 0 aliphatic heterocycles. The largest absolute Gasteiger partial charge is 0.457 e. The van der Waals surface area contributed by atoms with Gasteiger partial charge in [-0.05, 0) is 18.2 Å². The van der Waals surface area contributed by atoms with Crippen LogP contribution in [0.15, 0.2) is 36.5 Å². The van der Waals surface area contributed by atoms with Crippen molar-refractivity contribution in [2.45, 2.75) is 6.42 Å². The van der Waals surface area contributed by atoms with Gasteiger partial charge in [-0.3, -0.25) is 19.9 Å². The lowest BCUT2D eigenvalue weighted by molar-refractivity contribution is -0.384. The smallest absolute Gasteiger partial charge is 0.296 e. The molecule has 0 atom stereocenters. The van der Waals surface area contributed by atoms with E-state index in [2.05, 4.69) is 10.3 Å². The summed E-state index contributed by atoms with van der Waals surface area (Å²) >= 11 is 5.47. The minimum atomic E-state index is -0.490. The lowest BCUT2D eigenvalue weighted by Crippen LogP contribution is -2.05. The molecule has 2 aromatic rings. The van der Waals surface area contributed by atoms with E-state index in [4.69, 9.17) is 16.3 Å². The minimum Gasteiger partial charge on any atom is -0.457 e. The molecule has 0 fully saturated rings. The Bertz CT molecular complexity index is 736. The fourth-order valence-electron chi connectivity index (χ4n) is 1.94. The van der Waals surface area contributed by atoms with Gasteiger partial charge in [-0.2, -0.15) is 0 Å². The Labute approximate surface area is 137 Å². The summed E-state index contributed by atoms with van der Waals surface area (Å²) in [5.41, 5.74) is 0.830. The molecule has 0 amide bonds. The molecule has 0 saturated heterocycles. The van der Waals surface area contributed by atoms with Crippen LogP contribution in [0, 0.1) is 10.1 Å². The van der Waals surface area contributed by atoms with Crippen molar-refractivity contribution in [2.24, 2.45) is 0 Å². The van der Waals surface area contributed by atoms with Gasteiger partial charge < -0.3 is 10.1 Å². The van der Waals surface area contributed by atoms with Crippen LogP contribution < -0.4 is 10.1 Å². The van der Waals surface area contributed by atoms with E-state index in [-0.39, 0.29) is 23.8 Å². The lowest BCUT2D eigenvalue weighted by Gasteiger charge is -2.08. The van der Waals surface area contributed by atoms with Crippen molar-refractivity contribution in [3.8, 4) is 11.5 Å². The number of hydrogen-bond acceptors (Lipinski definition) is 6. The predicted octanol–water partition coefficient (Wildman–Crippen LogP) is 3.17. The highest BCUT2D eigenvalue weighted by Gasteiger charge is 2.14.